The van der Waals surface area contributed by atoms with E-state index in [2.05, 4.69) is 5.10 Å². The van der Waals surface area contributed by atoms with E-state index in [9.17, 15) is 22.4 Å². The molecule has 1 heterocycles. The van der Waals surface area contributed by atoms with Crippen LogP contribution in [0.25, 0.3) is 5.69 Å². The van der Waals surface area contributed by atoms with Crippen molar-refractivity contribution in [1.29, 1.82) is 0 Å². The van der Waals surface area contributed by atoms with Crippen molar-refractivity contribution in [3.05, 3.63) is 82.5 Å². The van der Waals surface area contributed by atoms with E-state index in [4.69, 9.17) is 8.92 Å². The fourth-order valence-corrected chi connectivity index (χ4v) is 3.35. The number of halogens is 1. The van der Waals surface area contributed by atoms with Crippen molar-refractivity contribution >= 4 is 16.1 Å². The van der Waals surface area contributed by atoms with E-state index < -0.39 is 43.8 Å². The minimum atomic E-state index is -4.54. The number of para-hydroxylation sites is 1. The number of benzene rings is 2. The van der Waals surface area contributed by atoms with E-state index in [1.54, 1.807) is 37.3 Å². The van der Waals surface area contributed by atoms with Gasteiger partial charge in [0.2, 0.25) is 5.69 Å². The summed E-state index contributed by atoms with van der Waals surface area (Å²) in [5, 5.41) is 3.92. The highest BCUT2D eigenvalue weighted by atomic mass is 32.2. The van der Waals surface area contributed by atoms with Crippen LogP contribution >= 0.6 is 0 Å². The second kappa shape index (κ2) is 8.23. The van der Waals surface area contributed by atoms with Gasteiger partial charge in [0.15, 0.2) is 5.75 Å². The summed E-state index contributed by atoms with van der Waals surface area (Å²) >= 11 is 0. The number of carbonyl (C=O) groups excluding carboxylic acids is 1. The average Bonchev–Trinajstić information content (AvgIpc) is 2.68. The number of carbonyl (C=O) groups is 1. The number of hydrogen-bond acceptors (Lipinski definition) is 7. The largest absolute Gasteiger partial charge is 0.461 e. The van der Waals surface area contributed by atoms with Crippen LogP contribution in [0.2, 0.25) is 0 Å². The van der Waals surface area contributed by atoms with E-state index >= 15 is 0 Å². The van der Waals surface area contributed by atoms with Gasteiger partial charge in [0.05, 0.1) is 18.4 Å². The quantitative estimate of drug-likeness (QED) is 0.447. The Balaban J connectivity index is 2.11. The van der Waals surface area contributed by atoms with Crippen molar-refractivity contribution in [2.75, 3.05) is 6.61 Å². The Kier molecular flexibility index (Phi) is 5.74. The lowest BCUT2D eigenvalue weighted by Gasteiger charge is -2.12. The molecule has 0 unspecified atom stereocenters. The number of esters is 1. The van der Waals surface area contributed by atoms with Gasteiger partial charge in [0.1, 0.15) is 10.7 Å². The van der Waals surface area contributed by atoms with Gasteiger partial charge in [0, 0.05) is 0 Å². The first-order valence-electron chi connectivity index (χ1n) is 8.39. The molecular formula is C19H15FN2O6S. The molecule has 2 aromatic carbocycles. The number of nitrogens with zero attached hydrogens (tertiary/aromatic N) is 2. The predicted octanol–water partition coefficient (Wildman–Crippen LogP) is 2.32. The molecule has 0 saturated carbocycles. The van der Waals surface area contributed by atoms with Gasteiger partial charge < -0.3 is 8.92 Å². The third kappa shape index (κ3) is 4.49. The van der Waals surface area contributed by atoms with Gasteiger partial charge in [-0.1, -0.05) is 24.3 Å². The Labute approximate surface area is 165 Å². The van der Waals surface area contributed by atoms with Crippen molar-refractivity contribution in [2.45, 2.75) is 11.8 Å². The minimum absolute atomic E-state index is 0.0128. The SMILES string of the molecule is CCOC(=O)c1nn(-c2ccccc2)c(=O)cc1OS(=O)(=O)c1cccc(F)c1. The number of ether oxygens (including phenoxy) is 1. The molecule has 0 radical (unpaired) electrons. The molecule has 3 aromatic rings. The van der Waals surface area contributed by atoms with Crippen molar-refractivity contribution in [2.24, 2.45) is 0 Å². The number of rotatable bonds is 6. The van der Waals surface area contributed by atoms with Gasteiger partial charge in [-0.2, -0.15) is 18.2 Å². The summed E-state index contributed by atoms with van der Waals surface area (Å²) < 4.78 is 49.1. The Hall–Kier alpha value is -3.53. The van der Waals surface area contributed by atoms with Gasteiger partial charge in [-0.15, -0.1) is 0 Å². The molecule has 0 atom stereocenters. The van der Waals surface area contributed by atoms with E-state index in [-0.39, 0.29) is 6.61 Å². The minimum Gasteiger partial charge on any atom is -0.461 e. The zero-order valence-corrected chi connectivity index (χ0v) is 15.9. The lowest BCUT2D eigenvalue weighted by atomic mass is 10.3. The third-order valence-corrected chi connectivity index (χ3v) is 4.88. The Morgan fingerprint density at radius 3 is 2.48 bits per heavy atom. The molecular weight excluding hydrogens is 403 g/mol. The lowest BCUT2D eigenvalue weighted by Crippen LogP contribution is -2.26. The molecule has 0 amide bonds. The Bertz CT molecular complexity index is 1210. The van der Waals surface area contributed by atoms with Gasteiger partial charge in [-0.05, 0) is 37.3 Å². The molecule has 0 fully saturated rings. The molecule has 0 aliphatic carbocycles. The van der Waals surface area contributed by atoms with Crippen LogP contribution < -0.4 is 9.74 Å². The van der Waals surface area contributed by atoms with Crippen LogP contribution in [0, 0.1) is 5.82 Å². The van der Waals surface area contributed by atoms with Crippen LogP contribution in [-0.4, -0.2) is 30.8 Å². The zero-order valence-electron chi connectivity index (χ0n) is 15.1. The summed E-state index contributed by atoms with van der Waals surface area (Å²) in [6.07, 6.45) is 0. The number of aromatic nitrogens is 2. The van der Waals surface area contributed by atoms with Crippen LogP contribution in [0.15, 0.2) is 70.4 Å². The fraction of sp³-hybridized carbons (Fsp3) is 0.105. The molecule has 150 valence electrons. The van der Waals surface area contributed by atoms with Gasteiger partial charge in [0.25, 0.3) is 5.56 Å². The van der Waals surface area contributed by atoms with Crippen LogP contribution in [-0.2, 0) is 14.9 Å². The van der Waals surface area contributed by atoms with E-state index in [1.165, 1.54) is 6.07 Å². The summed E-state index contributed by atoms with van der Waals surface area (Å²) in [4.78, 5) is 24.3. The molecule has 10 heteroatoms. The van der Waals surface area contributed by atoms with E-state index in [1.807, 2.05) is 0 Å². The standard InChI is InChI=1S/C19H15FN2O6S/c1-2-27-19(24)18-16(28-29(25,26)15-10-6-7-13(20)11-15)12-17(23)22(21-18)14-8-4-3-5-9-14/h3-12H,2H2,1H3. The van der Waals surface area contributed by atoms with Gasteiger partial charge >= 0.3 is 16.1 Å². The highest BCUT2D eigenvalue weighted by Gasteiger charge is 2.25. The zero-order chi connectivity index (χ0) is 21.0. The second-order valence-electron chi connectivity index (χ2n) is 5.66. The van der Waals surface area contributed by atoms with Crippen molar-refractivity contribution in [3.8, 4) is 11.4 Å². The first-order valence-corrected chi connectivity index (χ1v) is 9.79. The summed E-state index contributed by atoms with van der Waals surface area (Å²) in [7, 11) is -4.54. The smallest absolute Gasteiger partial charge is 0.362 e. The Morgan fingerprint density at radius 2 is 1.83 bits per heavy atom. The van der Waals surface area contributed by atoms with Crippen LogP contribution in [0.5, 0.6) is 5.75 Å². The molecule has 29 heavy (non-hydrogen) atoms. The van der Waals surface area contributed by atoms with Crippen molar-refractivity contribution in [3.63, 3.8) is 0 Å². The monoisotopic (exact) mass is 418 g/mol. The molecule has 8 nitrogen and oxygen atoms in total. The molecule has 0 aliphatic heterocycles. The normalized spacial score (nSPS) is 11.1. The van der Waals surface area contributed by atoms with Gasteiger partial charge in [-0.25, -0.2) is 9.18 Å². The van der Waals surface area contributed by atoms with Crippen molar-refractivity contribution in [1.82, 2.24) is 9.78 Å². The molecule has 0 N–H and O–H groups in total. The van der Waals surface area contributed by atoms with E-state index in [0.717, 1.165) is 28.9 Å². The summed E-state index contributed by atoms with van der Waals surface area (Å²) in [5.41, 5.74) is -0.911. The van der Waals surface area contributed by atoms with Gasteiger partial charge in [-0.3, -0.25) is 4.79 Å². The molecule has 0 spiro atoms. The molecule has 1 aromatic heterocycles. The molecule has 0 bridgehead atoms. The van der Waals surface area contributed by atoms with Crippen LogP contribution in [0.4, 0.5) is 4.39 Å². The summed E-state index contributed by atoms with van der Waals surface area (Å²) in [6.45, 7) is 1.54. The Morgan fingerprint density at radius 1 is 1.10 bits per heavy atom. The summed E-state index contributed by atoms with van der Waals surface area (Å²) in [5.74, 6) is -2.40. The predicted molar refractivity (Wildman–Crippen MR) is 100 cm³/mol. The second-order valence-corrected chi connectivity index (χ2v) is 7.20. The van der Waals surface area contributed by atoms with E-state index in [0.29, 0.717) is 5.69 Å². The molecule has 3 rings (SSSR count). The topological polar surface area (TPSA) is 105 Å². The molecule has 0 aliphatic rings. The molecule has 0 saturated heterocycles. The number of hydrogen-bond donors (Lipinski definition) is 0. The highest BCUT2D eigenvalue weighted by molar-refractivity contribution is 7.87. The lowest BCUT2D eigenvalue weighted by molar-refractivity contribution is 0.0515. The highest BCUT2D eigenvalue weighted by Crippen LogP contribution is 2.22. The first-order chi connectivity index (χ1) is 13.8. The average molecular weight is 418 g/mol. The fourth-order valence-electron chi connectivity index (χ4n) is 2.39. The van der Waals surface area contributed by atoms with Crippen LogP contribution in [0.3, 0.4) is 0 Å². The maximum absolute atomic E-state index is 13.4. The van der Waals surface area contributed by atoms with Crippen molar-refractivity contribution < 1.29 is 26.5 Å². The summed E-state index contributed by atoms with van der Waals surface area (Å²) in [6, 6.07) is 13.1. The maximum Gasteiger partial charge on any atom is 0.362 e. The first kappa shape index (κ1) is 20.2. The maximum atomic E-state index is 13.4. The third-order valence-electron chi connectivity index (χ3n) is 3.65. The van der Waals surface area contributed by atoms with Crippen LogP contribution in [0.1, 0.15) is 17.4 Å².